The lowest BCUT2D eigenvalue weighted by Gasteiger charge is -2.31. The molecule has 2 aliphatic rings. The molecular weight excluding hydrogens is 442 g/mol. The molecule has 0 unspecified atom stereocenters. The molecule has 1 amide bonds. The molecule has 0 saturated heterocycles. The molecule has 5 rings (SSSR count). The fraction of sp³-hybridized carbons (Fsp3) is 0.481. The Morgan fingerprint density at radius 2 is 1.74 bits per heavy atom. The van der Waals surface area contributed by atoms with Crippen molar-refractivity contribution in [2.45, 2.75) is 77.0 Å². The summed E-state index contributed by atoms with van der Waals surface area (Å²) in [6.45, 7) is 5.60. The number of benzene rings is 1. The van der Waals surface area contributed by atoms with Crippen molar-refractivity contribution in [3.63, 3.8) is 0 Å². The molecule has 3 aromatic rings. The van der Waals surface area contributed by atoms with Crippen LogP contribution in [0.2, 0.25) is 0 Å². The van der Waals surface area contributed by atoms with Crippen LogP contribution in [0, 0.1) is 5.92 Å². The minimum absolute atomic E-state index is 0.0948. The highest BCUT2D eigenvalue weighted by Crippen LogP contribution is 2.38. The number of alkyl carbamates (subject to hydrolysis) is 1. The van der Waals surface area contributed by atoms with E-state index in [1.54, 1.807) is 12.4 Å². The van der Waals surface area contributed by atoms with E-state index in [0.29, 0.717) is 5.56 Å². The third-order valence-corrected chi connectivity index (χ3v) is 6.71. The number of nitrogens with zero attached hydrogens (tertiary/aromatic N) is 2. The number of carbonyl (C=O) groups excluding carboxylic acids is 2. The number of pyridine rings is 1. The highest BCUT2D eigenvalue weighted by Gasteiger charge is 2.33. The summed E-state index contributed by atoms with van der Waals surface area (Å²) >= 11 is 0. The number of nitrogens with one attached hydrogen (secondary N) is 3. The van der Waals surface area contributed by atoms with Gasteiger partial charge in [-0.3, -0.25) is 14.9 Å². The Bertz CT molecular complexity index is 1220. The first-order valence-corrected chi connectivity index (χ1v) is 12.5. The maximum absolute atomic E-state index is 13.2. The van der Waals surface area contributed by atoms with Gasteiger partial charge in [-0.25, -0.2) is 4.79 Å². The number of hydrogen-bond acceptors (Lipinski definition) is 6. The summed E-state index contributed by atoms with van der Waals surface area (Å²) in [5, 5.41) is 14.6. The summed E-state index contributed by atoms with van der Waals surface area (Å²) in [5.41, 5.74) is 3.92. The van der Waals surface area contributed by atoms with Crippen LogP contribution in [-0.4, -0.2) is 44.7 Å². The lowest BCUT2D eigenvalue weighted by molar-refractivity contribution is 0.0492. The number of H-pyrrole nitrogens is 1. The number of ether oxygens (including phenoxy) is 1. The zero-order chi connectivity index (χ0) is 24.6. The van der Waals surface area contributed by atoms with Gasteiger partial charge in [0.05, 0.1) is 23.0 Å². The molecule has 8 heteroatoms. The lowest BCUT2D eigenvalue weighted by Crippen LogP contribution is -2.42. The maximum Gasteiger partial charge on any atom is 0.407 e. The van der Waals surface area contributed by atoms with E-state index in [0.717, 1.165) is 66.2 Å². The van der Waals surface area contributed by atoms with E-state index in [1.807, 2.05) is 39.1 Å². The van der Waals surface area contributed by atoms with Crippen molar-refractivity contribution < 1.29 is 14.3 Å². The predicted octanol–water partition coefficient (Wildman–Crippen LogP) is 5.47. The van der Waals surface area contributed by atoms with Gasteiger partial charge in [-0.15, -0.1) is 0 Å². The highest BCUT2D eigenvalue weighted by molar-refractivity contribution is 6.10. The molecule has 0 bridgehead atoms. The molecule has 0 aliphatic heterocycles. The quantitative estimate of drug-likeness (QED) is 0.408. The van der Waals surface area contributed by atoms with E-state index in [2.05, 4.69) is 31.9 Å². The van der Waals surface area contributed by atoms with Crippen LogP contribution in [0.15, 0.2) is 36.8 Å². The van der Waals surface area contributed by atoms with Gasteiger partial charge in [0.15, 0.2) is 5.78 Å². The largest absolute Gasteiger partial charge is 0.444 e. The van der Waals surface area contributed by atoms with Gasteiger partial charge < -0.3 is 15.4 Å². The Labute approximate surface area is 205 Å². The Morgan fingerprint density at radius 1 is 1.00 bits per heavy atom. The van der Waals surface area contributed by atoms with Crippen LogP contribution in [-0.2, 0) is 4.74 Å². The normalized spacial score (nSPS) is 20.4. The van der Waals surface area contributed by atoms with Crippen molar-refractivity contribution in [3.05, 3.63) is 42.4 Å². The van der Waals surface area contributed by atoms with Crippen molar-refractivity contribution in [2.24, 2.45) is 5.92 Å². The first-order chi connectivity index (χ1) is 16.8. The molecule has 2 aliphatic carbocycles. The van der Waals surface area contributed by atoms with Gasteiger partial charge in [0.1, 0.15) is 5.60 Å². The van der Waals surface area contributed by atoms with Crippen molar-refractivity contribution in [1.82, 2.24) is 20.5 Å². The number of amides is 1. The average molecular weight is 476 g/mol. The molecule has 2 aromatic heterocycles. The van der Waals surface area contributed by atoms with E-state index in [9.17, 15) is 9.59 Å². The van der Waals surface area contributed by atoms with Crippen LogP contribution >= 0.6 is 0 Å². The van der Waals surface area contributed by atoms with Crippen molar-refractivity contribution in [2.75, 3.05) is 5.32 Å². The van der Waals surface area contributed by atoms with Crippen LogP contribution in [0.5, 0.6) is 0 Å². The molecule has 2 heterocycles. The van der Waals surface area contributed by atoms with E-state index >= 15 is 0 Å². The number of aromatic amines is 1. The number of aromatic nitrogens is 3. The topological polar surface area (TPSA) is 109 Å². The standard InChI is InChI=1S/C27H33N5O3/c1-27(2,3)35-26(34)32-20-9-7-19(8-10-20)31-24-21-12-17(18-13-29-30-14-18)6-11-23(21)28-15-22(24)25(33)16-4-5-16/h6,11-16,19-20H,4-5,7-10H2,1-3H3,(H,28,31)(H,29,30)(H,32,34)/t19-,20-. The van der Waals surface area contributed by atoms with Gasteiger partial charge in [0.2, 0.25) is 0 Å². The monoisotopic (exact) mass is 475 g/mol. The molecule has 0 atom stereocenters. The van der Waals surface area contributed by atoms with Gasteiger partial charge in [-0.05, 0) is 77.0 Å². The van der Waals surface area contributed by atoms with Gasteiger partial charge >= 0.3 is 6.09 Å². The Balaban J connectivity index is 1.37. The van der Waals surface area contributed by atoms with Gasteiger partial charge in [0, 0.05) is 41.3 Å². The molecule has 184 valence electrons. The molecule has 2 saturated carbocycles. The SMILES string of the molecule is CC(C)(C)OC(=O)N[C@H]1CC[C@H](Nc2c(C(=O)C3CC3)cnc3ccc(-c4cn[nH]c4)cc23)CC1. The third-order valence-electron chi connectivity index (χ3n) is 6.71. The Morgan fingerprint density at radius 3 is 2.40 bits per heavy atom. The minimum Gasteiger partial charge on any atom is -0.444 e. The highest BCUT2D eigenvalue weighted by atomic mass is 16.6. The van der Waals surface area contributed by atoms with Crippen LogP contribution in [0.4, 0.5) is 10.5 Å². The van der Waals surface area contributed by atoms with Crippen LogP contribution in [0.3, 0.4) is 0 Å². The molecule has 3 N–H and O–H groups in total. The second kappa shape index (κ2) is 9.32. The second-order valence-electron chi connectivity index (χ2n) is 10.7. The van der Waals surface area contributed by atoms with Crippen molar-refractivity contribution >= 4 is 28.5 Å². The zero-order valence-corrected chi connectivity index (χ0v) is 20.6. The number of Topliss-reactive ketones (excluding diaryl/α,β-unsaturated/α-hetero) is 1. The average Bonchev–Trinajstić information content (AvgIpc) is 3.52. The van der Waals surface area contributed by atoms with Crippen molar-refractivity contribution in [3.8, 4) is 11.1 Å². The summed E-state index contributed by atoms with van der Waals surface area (Å²) in [6.07, 6.45) is 10.4. The third kappa shape index (κ3) is 5.47. The predicted molar refractivity (Wildman–Crippen MR) is 135 cm³/mol. The van der Waals surface area contributed by atoms with E-state index in [-0.39, 0.29) is 29.9 Å². The summed E-state index contributed by atoms with van der Waals surface area (Å²) < 4.78 is 5.41. The molecule has 0 radical (unpaired) electrons. The first-order valence-electron chi connectivity index (χ1n) is 12.5. The minimum atomic E-state index is -0.509. The van der Waals surface area contributed by atoms with Gasteiger partial charge in [0.25, 0.3) is 0 Å². The number of ketones is 1. The molecule has 0 spiro atoms. The molecule has 1 aromatic carbocycles. The van der Waals surface area contributed by atoms with Crippen LogP contribution < -0.4 is 10.6 Å². The Hall–Kier alpha value is -3.42. The zero-order valence-electron chi connectivity index (χ0n) is 20.6. The number of hydrogen-bond donors (Lipinski definition) is 3. The Kier molecular flexibility index (Phi) is 6.21. The van der Waals surface area contributed by atoms with Crippen LogP contribution in [0.25, 0.3) is 22.0 Å². The molecule has 2 fully saturated rings. The summed E-state index contributed by atoms with van der Waals surface area (Å²) in [5.74, 6) is 0.288. The van der Waals surface area contributed by atoms with Crippen molar-refractivity contribution in [1.29, 1.82) is 0 Å². The number of carbonyl (C=O) groups is 2. The number of fused-ring (bicyclic) bond motifs is 1. The molecular formula is C27H33N5O3. The second-order valence-corrected chi connectivity index (χ2v) is 10.7. The molecule has 35 heavy (non-hydrogen) atoms. The van der Waals surface area contributed by atoms with Gasteiger partial charge in [-0.2, -0.15) is 5.10 Å². The fourth-order valence-corrected chi connectivity index (χ4v) is 4.75. The maximum atomic E-state index is 13.2. The van der Waals surface area contributed by atoms with E-state index in [4.69, 9.17) is 4.74 Å². The summed E-state index contributed by atoms with van der Waals surface area (Å²) in [4.78, 5) is 29.9. The fourth-order valence-electron chi connectivity index (χ4n) is 4.75. The number of anilines is 1. The lowest BCUT2D eigenvalue weighted by atomic mass is 9.90. The summed E-state index contributed by atoms with van der Waals surface area (Å²) in [7, 11) is 0. The molecule has 8 nitrogen and oxygen atoms in total. The van der Waals surface area contributed by atoms with E-state index in [1.165, 1.54) is 0 Å². The van der Waals surface area contributed by atoms with Crippen LogP contribution in [0.1, 0.15) is 69.7 Å². The van der Waals surface area contributed by atoms with E-state index < -0.39 is 5.60 Å². The summed E-state index contributed by atoms with van der Waals surface area (Å²) in [6, 6.07) is 6.42. The van der Waals surface area contributed by atoms with Gasteiger partial charge in [-0.1, -0.05) is 6.07 Å². The smallest absolute Gasteiger partial charge is 0.407 e. The first kappa shape index (κ1) is 23.3. The number of rotatable bonds is 6.